The van der Waals surface area contributed by atoms with E-state index in [1.54, 1.807) is 6.07 Å². The summed E-state index contributed by atoms with van der Waals surface area (Å²) >= 11 is 0. The molecule has 0 atom stereocenters. The van der Waals surface area contributed by atoms with Gasteiger partial charge >= 0.3 is 5.97 Å². The minimum Gasteiger partial charge on any atom is -0.451 e. The molecule has 0 bridgehead atoms. The molecule has 0 saturated carbocycles. The predicted octanol–water partition coefficient (Wildman–Crippen LogP) is 4.54. The van der Waals surface area contributed by atoms with Gasteiger partial charge in [0.05, 0.1) is 5.69 Å². The lowest BCUT2D eigenvalue weighted by atomic mass is 10.0. The number of esters is 1. The number of amides is 1. The summed E-state index contributed by atoms with van der Waals surface area (Å²) in [6.07, 6.45) is 0. The number of anilines is 1. The van der Waals surface area contributed by atoms with Gasteiger partial charge in [-0.15, -0.1) is 0 Å². The summed E-state index contributed by atoms with van der Waals surface area (Å²) in [5, 5.41) is 9.58. The second-order valence-corrected chi connectivity index (χ2v) is 6.57. The van der Waals surface area contributed by atoms with Gasteiger partial charge in [0.2, 0.25) is 0 Å². The number of carbonyl (C=O) groups excluding carboxylic acids is 2. The van der Waals surface area contributed by atoms with Gasteiger partial charge < -0.3 is 10.1 Å². The van der Waals surface area contributed by atoms with E-state index in [1.807, 2.05) is 84.9 Å². The Morgan fingerprint density at radius 3 is 2.20 bits per heavy atom. The molecule has 30 heavy (non-hydrogen) atoms. The minimum absolute atomic E-state index is 0.186. The molecule has 0 fully saturated rings. The molecule has 4 aromatic rings. The number of hydrogen-bond acceptors (Lipinski definition) is 4. The Morgan fingerprint density at radius 1 is 0.833 bits per heavy atom. The van der Waals surface area contributed by atoms with Crippen molar-refractivity contribution in [1.82, 2.24) is 10.2 Å². The van der Waals surface area contributed by atoms with Gasteiger partial charge in [0.25, 0.3) is 5.91 Å². The average Bonchev–Trinajstić information content (AvgIpc) is 3.30. The van der Waals surface area contributed by atoms with Crippen LogP contribution in [0.25, 0.3) is 22.4 Å². The van der Waals surface area contributed by atoms with Crippen molar-refractivity contribution in [3.8, 4) is 22.4 Å². The minimum atomic E-state index is -0.642. The van der Waals surface area contributed by atoms with Crippen molar-refractivity contribution >= 4 is 17.6 Å². The van der Waals surface area contributed by atoms with Crippen LogP contribution < -0.4 is 5.32 Å². The number of rotatable bonds is 6. The lowest BCUT2D eigenvalue weighted by Crippen LogP contribution is -2.21. The molecular formula is C24H19N3O3. The van der Waals surface area contributed by atoms with Crippen molar-refractivity contribution in [2.75, 3.05) is 11.9 Å². The van der Waals surface area contributed by atoms with E-state index in [9.17, 15) is 9.59 Å². The number of hydrogen-bond donors (Lipinski definition) is 2. The highest BCUT2D eigenvalue weighted by Crippen LogP contribution is 2.27. The zero-order valence-electron chi connectivity index (χ0n) is 16.0. The average molecular weight is 397 g/mol. The Hall–Kier alpha value is -4.19. The Bertz CT molecular complexity index is 1150. The second-order valence-electron chi connectivity index (χ2n) is 6.57. The van der Waals surface area contributed by atoms with E-state index in [1.165, 1.54) is 0 Å². The van der Waals surface area contributed by atoms with Crippen LogP contribution in [-0.2, 0) is 9.53 Å². The number of aromatic nitrogens is 2. The maximum absolute atomic E-state index is 12.3. The van der Waals surface area contributed by atoms with Crippen LogP contribution >= 0.6 is 0 Å². The first-order valence-corrected chi connectivity index (χ1v) is 9.43. The summed E-state index contributed by atoms with van der Waals surface area (Å²) in [6, 6.07) is 28.3. The Labute approximate surface area is 173 Å². The zero-order chi connectivity index (χ0) is 20.8. The van der Waals surface area contributed by atoms with Gasteiger partial charge in [0.1, 0.15) is 5.69 Å². The third-order valence-corrected chi connectivity index (χ3v) is 4.49. The molecule has 0 aliphatic carbocycles. The fourth-order valence-corrected chi connectivity index (χ4v) is 3.04. The first kappa shape index (κ1) is 19.1. The van der Waals surface area contributed by atoms with Crippen LogP contribution in [-0.4, -0.2) is 28.7 Å². The first-order valence-electron chi connectivity index (χ1n) is 9.43. The number of H-pyrrole nitrogens is 1. The SMILES string of the molecule is O=C(COC(=O)c1cc(-c2ccccc2)n[nH]1)Nc1ccccc1-c1ccccc1. The van der Waals surface area contributed by atoms with E-state index in [2.05, 4.69) is 15.5 Å². The zero-order valence-corrected chi connectivity index (χ0v) is 16.0. The van der Waals surface area contributed by atoms with Crippen molar-refractivity contribution in [2.45, 2.75) is 0 Å². The number of nitrogens with one attached hydrogen (secondary N) is 2. The number of benzene rings is 3. The molecule has 1 amide bonds. The number of nitrogens with zero attached hydrogens (tertiary/aromatic N) is 1. The molecule has 4 rings (SSSR count). The molecule has 6 nitrogen and oxygen atoms in total. The number of para-hydroxylation sites is 1. The van der Waals surface area contributed by atoms with E-state index < -0.39 is 18.5 Å². The molecular weight excluding hydrogens is 378 g/mol. The highest BCUT2D eigenvalue weighted by molar-refractivity contribution is 5.98. The van der Waals surface area contributed by atoms with Crippen molar-refractivity contribution in [1.29, 1.82) is 0 Å². The monoisotopic (exact) mass is 397 g/mol. The van der Waals surface area contributed by atoms with Crippen LogP contribution in [0.5, 0.6) is 0 Å². The van der Waals surface area contributed by atoms with E-state index >= 15 is 0 Å². The van der Waals surface area contributed by atoms with Gasteiger partial charge in [-0.25, -0.2) is 4.79 Å². The third-order valence-electron chi connectivity index (χ3n) is 4.49. The lowest BCUT2D eigenvalue weighted by molar-refractivity contribution is -0.119. The third kappa shape index (κ3) is 4.44. The van der Waals surface area contributed by atoms with Crippen LogP contribution in [0, 0.1) is 0 Å². The van der Waals surface area contributed by atoms with Crippen LogP contribution in [0.1, 0.15) is 10.5 Å². The van der Waals surface area contributed by atoms with E-state index in [4.69, 9.17) is 4.74 Å². The van der Waals surface area contributed by atoms with Gasteiger partial charge in [-0.3, -0.25) is 9.89 Å². The van der Waals surface area contributed by atoms with Crippen LogP contribution in [0.3, 0.4) is 0 Å². The predicted molar refractivity (Wildman–Crippen MR) is 115 cm³/mol. The summed E-state index contributed by atoms with van der Waals surface area (Å²) in [5.74, 6) is -1.06. The maximum atomic E-state index is 12.3. The normalized spacial score (nSPS) is 10.4. The number of carbonyl (C=O) groups is 2. The van der Waals surface area contributed by atoms with Gasteiger partial charge in [0, 0.05) is 16.8 Å². The number of ether oxygens (including phenoxy) is 1. The van der Waals surface area contributed by atoms with Gasteiger partial charge in [-0.2, -0.15) is 5.10 Å². The Morgan fingerprint density at radius 2 is 1.47 bits per heavy atom. The van der Waals surface area contributed by atoms with Gasteiger partial charge in [-0.1, -0.05) is 78.9 Å². The molecule has 0 unspecified atom stereocenters. The van der Waals surface area contributed by atoms with Crippen LogP contribution in [0.15, 0.2) is 91.0 Å². The van der Waals surface area contributed by atoms with Crippen molar-refractivity contribution in [2.24, 2.45) is 0 Å². The van der Waals surface area contributed by atoms with Gasteiger partial charge in [-0.05, 0) is 17.7 Å². The Kier molecular flexibility index (Phi) is 5.66. The molecule has 0 spiro atoms. The molecule has 148 valence electrons. The van der Waals surface area contributed by atoms with Crippen molar-refractivity contribution < 1.29 is 14.3 Å². The summed E-state index contributed by atoms with van der Waals surface area (Å²) in [6.45, 7) is -0.401. The van der Waals surface area contributed by atoms with E-state index in [0.717, 1.165) is 16.7 Å². The van der Waals surface area contributed by atoms with Crippen LogP contribution in [0.4, 0.5) is 5.69 Å². The first-order chi connectivity index (χ1) is 14.7. The highest BCUT2D eigenvalue weighted by Gasteiger charge is 2.15. The molecule has 2 N–H and O–H groups in total. The largest absolute Gasteiger partial charge is 0.451 e. The molecule has 3 aromatic carbocycles. The highest BCUT2D eigenvalue weighted by atomic mass is 16.5. The molecule has 0 aliphatic rings. The molecule has 0 radical (unpaired) electrons. The molecule has 1 heterocycles. The Balaban J connectivity index is 1.38. The molecule has 0 aliphatic heterocycles. The quantitative estimate of drug-likeness (QED) is 0.468. The topological polar surface area (TPSA) is 84.1 Å². The summed E-state index contributed by atoms with van der Waals surface area (Å²) in [7, 11) is 0. The second kappa shape index (κ2) is 8.87. The molecule has 0 saturated heterocycles. The summed E-state index contributed by atoms with van der Waals surface area (Å²) in [5.41, 5.74) is 4.21. The number of aromatic amines is 1. The molecule has 1 aromatic heterocycles. The van der Waals surface area contributed by atoms with E-state index in [-0.39, 0.29) is 5.69 Å². The standard InChI is InChI=1S/C24H19N3O3/c28-23(25-20-14-8-7-13-19(20)17-9-3-1-4-10-17)16-30-24(29)22-15-21(26-27-22)18-11-5-2-6-12-18/h1-15H,16H2,(H,25,28)(H,26,27). The lowest BCUT2D eigenvalue weighted by Gasteiger charge is -2.11. The fourth-order valence-electron chi connectivity index (χ4n) is 3.04. The van der Waals surface area contributed by atoms with E-state index in [0.29, 0.717) is 11.4 Å². The fraction of sp³-hybridized carbons (Fsp3) is 0.0417. The summed E-state index contributed by atoms with van der Waals surface area (Å²) < 4.78 is 5.13. The summed E-state index contributed by atoms with van der Waals surface area (Å²) in [4.78, 5) is 24.6. The van der Waals surface area contributed by atoms with Crippen molar-refractivity contribution in [3.05, 3.63) is 96.7 Å². The van der Waals surface area contributed by atoms with Crippen LogP contribution in [0.2, 0.25) is 0 Å². The van der Waals surface area contributed by atoms with Crippen molar-refractivity contribution in [3.63, 3.8) is 0 Å². The smallest absolute Gasteiger partial charge is 0.356 e. The van der Waals surface area contributed by atoms with Gasteiger partial charge in [0.15, 0.2) is 6.61 Å². The molecule has 6 heteroatoms. The maximum Gasteiger partial charge on any atom is 0.356 e.